The van der Waals surface area contributed by atoms with Crippen molar-refractivity contribution in [3.63, 3.8) is 0 Å². The number of benzene rings is 3. The standard InChI is InChI=1S/C24H26N2O3/c1-26(17-18-12-14-21(28-2)15-13-18)23(19-8-5-4-6-9-19)24(27)25-20-10-7-11-22(16-20)29-3/h4-16,23H,17H2,1-3H3,(H,25,27). The summed E-state index contributed by atoms with van der Waals surface area (Å²) in [5.41, 5.74) is 2.74. The Morgan fingerprint density at radius 2 is 1.59 bits per heavy atom. The van der Waals surface area contributed by atoms with Crippen molar-refractivity contribution in [3.8, 4) is 11.5 Å². The van der Waals surface area contributed by atoms with Gasteiger partial charge in [0.25, 0.3) is 0 Å². The summed E-state index contributed by atoms with van der Waals surface area (Å²) < 4.78 is 10.5. The highest BCUT2D eigenvalue weighted by Gasteiger charge is 2.25. The highest BCUT2D eigenvalue weighted by molar-refractivity contribution is 5.95. The fraction of sp³-hybridized carbons (Fsp3) is 0.208. The molecule has 1 N–H and O–H groups in total. The van der Waals surface area contributed by atoms with Crippen molar-refractivity contribution in [1.82, 2.24) is 4.90 Å². The minimum atomic E-state index is -0.440. The molecule has 0 aliphatic rings. The fourth-order valence-corrected chi connectivity index (χ4v) is 3.26. The maximum Gasteiger partial charge on any atom is 0.246 e. The molecule has 3 aromatic carbocycles. The van der Waals surface area contributed by atoms with Gasteiger partial charge in [0.1, 0.15) is 17.5 Å². The summed E-state index contributed by atoms with van der Waals surface area (Å²) in [5, 5.41) is 3.02. The summed E-state index contributed by atoms with van der Waals surface area (Å²) in [6.07, 6.45) is 0. The van der Waals surface area contributed by atoms with Crippen LogP contribution in [0.3, 0.4) is 0 Å². The number of nitrogens with one attached hydrogen (secondary N) is 1. The molecule has 0 fully saturated rings. The maximum absolute atomic E-state index is 13.2. The molecule has 1 unspecified atom stereocenters. The molecule has 0 saturated heterocycles. The van der Waals surface area contributed by atoms with Gasteiger partial charge in [-0.3, -0.25) is 9.69 Å². The quantitative estimate of drug-likeness (QED) is 0.615. The van der Waals surface area contributed by atoms with Gasteiger partial charge in [0.2, 0.25) is 5.91 Å². The molecule has 1 amide bonds. The van der Waals surface area contributed by atoms with Crippen LogP contribution in [0.5, 0.6) is 11.5 Å². The van der Waals surface area contributed by atoms with Gasteiger partial charge in [-0.1, -0.05) is 48.5 Å². The SMILES string of the molecule is COc1ccc(CN(C)C(C(=O)Nc2cccc(OC)c2)c2ccccc2)cc1. The third-order valence-corrected chi connectivity index (χ3v) is 4.73. The van der Waals surface area contributed by atoms with Gasteiger partial charge in [-0.25, -0.2) is 0 Å². The third-order valence-electron chi connectivity index (χ3n) is 4.73. The zero-order valence-electron chi connectivity index (χ0n) is 17.0. The third kappa shape index (κ3) is 5.36. The molecule has 0 aliphatic heterocycles. The van der Waals surface area contributed by atoms with Crippen LogP contribution in [0, 0.1) is 0 Å². The molecule has 150 valence electrons. The number of methoxy groups -OCH3 is 2. The van der Waals surface area contributed by atoms with Crippen LogP contribution in [0.4, 0.5) is 5.69 Å². The Hall–Kier alpha value is -3.31. The second kappa shape index (κ2) is 9.75. The van der Waals surface area contributed by atoms with Crippen molar-refractivity contribution in [1.29, 1.82) is 0 Å². The molecule has 0 aliphatic carbocycles. The second-order valence-corrected chi connectivity index (χ2v) is 6.80. The number of nitrogens with zero attached hydrogens (tertiary/aromatic N) is 1. The Kier molecular flexibility index (Phi) is 6.87. The average Bonchev–Trinajstić information content (AvgIpc) is 2.75. The number of rotatable bonds is 8. The minimum absolute atomic E-state index is 0.0968. The number of hydrogen-bond acceptors (Lipinski definition) is 4. The summed E-state index contributed by atoms with van der Waals surface area (Å²) >= 11 is 0. The number of anilines is 1. The Morgan fingerprint density at radius 3 is 2.24 bits per heavy atom. The summed E-state index contributed by atoms with van der Waals surface area (Å²) in [7, 11) is 5.21. The zero-order valence-corrected chi connectivity index (χ0v) is 17.0. The smallest absolute Gasteiger partial charge is 0.246 e. The minimum Gasteiger partial charge on any atom is -0.497 e. The number of likely N-dealkylation sites (N-methyl/N-ethyl adjacent to an activating group) is 1. The predicted octanol–water partition coefficient (Wildman–Crippen LogP) is 4.52. The first kappa shape index (κ1) is 20.4. The largest absolute Gasteiger partial charge is 0.497 e. The summed E-state index contributed by atoms with van der Waals surface area (Å²) in [5.74, 6) is 1.41. The van der Waals surface area contributed by atoms with Crippen molar-refractivity contribution in [2.45, 2.75) is 12.6 Å². The van der Waals surface area contributed by atoms with Crippen molar-refractivity contribution in [2.75, 3.05) is 26.6 Å². The fourth-order valence-electron chi connectivity index (χ4n) is 3.26. The first-order valence-electron chi connectivity index (χ1n) is 9.43. The molecule has 0 saturated carbocycles. The predicted molar refractivity (Wildman–Crippen MR) is 115 cm³/mol. The van der Waals surface area contributed by atoms with E-state index in [2.05, 4.69) is 5.32 Å². The van der Waals surface area contributed by atoms with Gasteiger partial charge < -0.3 is 14.8 Å². The molecule has 3 rings (SSSR count). The van der Waals surface area contributed by atoms with Crippen LogP contribution in [0.25, 0.3) is 0 Å². The summed E-state index contributed by atoms with van der Waals surface area (Å²) in [6.45, 7) is 0.620. The maximum atomic E-state index is 13.2. The van der Waals surface area contributed by atoms with E-state index in [1.807, 2.05) is 90.8 Å². The van der Waals surface area contributed by atoms with Gasteiger partial charge in [0, 0.05) is 18.3 Å². The number of ether oxygens (including phenoxy) is 2. The molecule has 5 heteroatoms. The first-order valence-corrected chi connectivity index (χ1v) is 9.43. The lowest BCUT2D eigenvalue weighted by atomic mass is 10.0. The van der Waals surface area contributed by atoms with Crippen LogP contribution >= 0.6 is 0 Å². The van der Waals surface area contributed by atoms with E-state index in [0.717, 1.165) is 16.9 Å². The topological polar surface area (TPSA) is 50.8 Å². The van der Waals surface area contributed by atoms with Crippen LogP contribution in [0.1, 0.15) is 17.2 Å². The lowest BCUT2D eigenvalue weighted by Gasteiger charge is -2.28. The number of amides is 1. The highest BCUT2D eigenvalue weighted by atomic mass is 16.5. The molecule has 0 aromatic heterocycles. The zero-order chi connectivity index (χ0) is 20.6. The van der Waals surface area contributed by atoms with Gasteiger partial charge >= 0.3 is 0 Å². The van der Waals surface area contributed by atoms with Crippen molar-refractivity contribution >= 4 is 11.6 Å². The number of carbonyl (C=O) groups excluding carboxylic acids is 1. The van der Waals surface area contributed by atoms with Crippen molar-refractivity contribution < 1.29 is 14.3 Å². The number of hydrogen-bond donors (Lipinski definition) is 1. The molecule has 1 atom stereocenters. The molecular formula is C24H26N2O3. The van der Waals surface area contributed by atoms with Crippen molar-refractivity contribution in [2.24, 2.45) is 0 Å². The van der Waals surface area contributed by atoms with E-state index in [1.54, 1.807) is 14.2 Å². The Morgan fingerprint density at radius 1 is 0.897 bits per heavy atom. The van der Waals surface area contributed by atoms with Crippen LogP contribution in [-0.4, -0.2) is 32.1 Å². The molecule has 5 nitrogen and oxygen atoms in total. The van der Waals surface area contributed by atoms with Gasteiger partial charge in [-0.15, -0.1) is 0 Å². The van der Waals surface area contributed by atoms with Crippen LogP contribution < -0.4 is 14.8 Å². The molecule has 0 radical (unpaired) electrons. The van der Waals surface area contributed by atoms with Gasteiger partial charge in [0.15, 0.2) is 0 Å². The molecule has 3 aromatic rings. The highest BCUT2D eigenvalue weighted by Crippen LogP contribution is 2.25. The Bertz CT molecular complexity index is 926. The van der Waals surface area contributed by atoms with Gasteiger partial charge in [0.05, 0.1) is 14.2 Å². The first-order chi connectivity index (χ1) is 14.1. The lowest BCUT2D eigenvalue weighted by Crippen LogP contribution is -2.34. The molecular weight excluding hydrogens is 364 g/mol. The lowest BCUT2D eigenvalue weighted by molar-refractivity contribution is -0.121. The molecule has 0 bridgehead atoms. The summed E-state index contributed by atoms with van der Waals surface area (Å²) in [4.78, 5) is 15.3. The average molecular weight is 390 g/mol. The van der Waals surface area contributed by atoms with E-state index in [9.17, 15) is 4.79 Å². The molecule has 29 heavy (non-hydrogen) atoms. The van der Waals surface area contributed by atoms with E-state index in [0.29, 0.717) is 18.0 Å². The monoisotopic (exact) mass is 390 g/mol. The Labute approximate surface area is 171 Å². The second-order valence-electron chi connectivity index (χ2n) is 6.80. The van der Waals surface area contributed by atoms with Gasteiger partial charge in [-0.05, 0) is 42.4 Å². The van der Waals surface area contributed by atoms with Crippen LogP contribution in [-0.2, 0) is 11.3 Å². The van der Waals surface area contributed by atoms with Gasteiger partial charge in [-0.2, -0.15) is 0 Å². The Balaban J connectivity index is 1.82. The number of carbonyl (C=O) groups is 1. The van der Waals surface area contributed by atoms with E-state index < -0.39 is 6.04 Å². The van der Waals surface area contributed by atoms with E-state index in [4.69, 9.17) is 9.47 Å². The normalized spacial score (nSPS) is 11.7. The van der Waals surface area contributed by atoms with E-state index >= 15 is 0 Å². The molecule has 0 spiro atoms. The van der Waals surface area contributed by atoms with Crippen molar-refractivity contribution in [3.05, 3.63) is 90.0 Å². The molecule has 0 heterocycles. The summed E-state index contributed by atoms with van der Waals surface area (Å²) in [6, 6.07) is 24.6. The van der Waals surface area contributed by atoms with E-state index in [1.165, 1.54) is 0 Å². The van der Waals surface area contributed by atoms with Crippen LogP contribution in [0.15, 0.2) is 78.9 Å². The van der Waals surface area contributed by atoms with Crippen LogP contribution in [0.2, 0.25) is 0 Å². The van der Waals surface area contributed by atoms with E-state index in [-0.39, 0.29) is 5.91 Å².